The molecule has 1 aromatic rings. The van der Waals surface area contributed by atoms with Gasteiger partial charge in [-0.1, -0.05) is 27.6 Å². The molecule has 1 aromatic carbocycles. The van der Waals surface area contributed by atoms with Crippen molar-refractivity contribution in [1.82, 2.24) is 10.6 Å². The average molecular weight is 391 g/mol. The molecule has 2 N–H and O–H groups in total. The Morgan fingerprint density at radius 3 is 2.77 bits per heavy atom. The summed E-state index contributed by atoms with van der Waals surface area (Å²) in [5.74, 6) is -1.66. The highest BCUT2D eigenvalue weighted by molar-refractivity contribution is 9.10. The Balaban J connectivity index is 2.22. The second kappa shape index (κ2) is 6.89. The molecule has 0 bridgehead atoms. The van der Waals surface area contributed by atoms with Crippen LogP contribution >= 0.6 is 15.9 Å². The van der Waals surface area contributed by atoms with E-state index in [1.807, 2.05) is 6.08 Å². The van der Waals surface area contributed by atoms with Gasteiger partial charge in [0.1, 0.15) is 4.90 Å². The Hall–Kier alpha value is -1.25. The quantitative estimate of drug-likeness (QED) is 0.766. The maximum absolute atomic E-state index is 14.3. The summed E-state index contributed by atoms with van der Waals surface area (Å²) in [6.45, 7) is 1.90. The molecule has 2 rings (SSSR count). The first-order valence-corrected chi connectivity index (χ1v) is 9.33. The van der Waals surface area contributed by atoms with Crippen molar-refractivity contribution in [1.29, 1.82) is 0 Å². The van der Waals surface area contributed by atoms with Crippen LogP contribution in [0.25, 0.3) is 0 Å². The van der Waals surface area contributed by atoms with Crippen LogP contribution in [0.2, 0.25) is 0 Å². The van der Waals surface area contributed by atoms with Gasteiger partial charge in [-0.15, -0.1) is 0 Å². The number of halogens is 2. The van der Waals surface area contributed by atoms with Gasteiger partial charge in [0.15, 0.2) is 15.7 Å². The first-order chi connectivity index (χ1) is 10.3. The molecular formula is C14H16BrFN2O3S. The van der Waals surface area contributed by atoms with Crippen LogP contribution in [0, 0.1) is 5.82 Å². The lowest BCUT2D eigenvalue weighted by Crippen LogP contribution is -2.30. The number of hydrogen-bond acceptors (Lipinski definition) is 4. The molecule has 120 valence electrons. The van der Waals surface area contributed by atoms with Crippen LogP contribution in [0.3, 0.4) is 0 Å². The molecule has 22 heavy (non-hydrogen) atoms. The largest absolute Gasteiger partial charge is 0.348 e. The average Bonchev–Trinajstić information content (AvgIpc) is 2.46. The first kappa shape index (κ1) is 17.1. The van der Waals surface area contributed by atoms with Crippen LogP contribution < -0.4 is 10.6 Å². The zero-order valence-corrected chi connectivity index (χ0v) is 14.4. The standard InChI is InChI=1S/C14H16BrFN2O3S/c1-22(20,21)12-7-10(15)6-11(13(12)16)14(19)18-8-9-2-4-17-5-3-9/h2,6-7,17H,3-5,8H2,1H3,(H,18,19). The van der Waals surface area contributed by atoms with E-state index in [0.29, 0.717) is 11.0 Å². The molecule has 1 aliphatic heterocycles. The van der Waals surface area contributed by atoms with Crippen LogP contribution in [0.1, 0.15) is 16.8 Å². The number of amides is 1. The SMILES string of the molecule is CS(=O)(=O)c1cc(Br)cc(C(=O)NCC2=CCNCC2)c1F. The van der Waals surface area contributed by atoms with Crippen molar-refractivity contribution in [2.24, 2.45) is 0 Å². The minimum atomic E-state index is -3.75. The molecule has 0 saturated carbocycles. The van der Waals surface area contributed by atoms with Gasteiger partial charge in [0.25, 0.3) is 5.91 Å². The molecule has 0 saturated heterocycles. The Labute approximate surface area is 137 Å². The van der Waals surface area contributed by atoms with Crippen LogP contribution in [0.15, 0.2) is 33.2 Å². The molecule has 1 aliphatic rings. The summed E-state index contributed by atoms with van der Waals surface area (Å²) in [6.07, 6.45) is 3.69. The lowest BCUT2D eigenvalue weighted by Gasteiger charge is -2.15. The van der Waals surface area contributed by atoms with Gasteiger partial charge < -0.3 is 10.6 Å². The summed E-state index contributed by atoms with van der Waals surface area (Å²) in [4.78, 5) is 11.6. The molecule has 0 atom stereocenters. The van der Waals surface area contributed by atoms with E-state index in [4.69, 9.17) is 0 Å². The Kier molecular flexibility index (Phi) is 5.36. The third-order valence-electron chi connectivity index (χ3n) is 3.28. The van der Waals surface area contributed by atoms with Crippen molar-refractivity contribution >= 4 is 31.7 Å². The van der Waals surface area contributed by atoms with Crippen LogP contribution in [-0.4, -0.2) is 40.2 Å². The number of nitrogens with one attached hydrogen (secondary N) is 2. The molecule has 8 heteroatoms. The molecule has 0 aliphatic carbocycles. The fourth-order valence-electron chi connectivity index (χ4n) is 2.12. The lowest BCUT2D eigenvalue weighted by molar-refractivity contribution is 0.0952. The molecule has 0 fully saturated rings. The highest BCUT2D eigenvalue weighted by Gasteiger charge is 2.22. The van der Waals surface area contributed by atoms with E-state index in [1.165, 1.54) is 6.07 Å². The monoisotopic (exact) mass is 390 g/mol. The van der Waals surface area contributed by atoms with Crippen LogP contribution in [-0.2, 0) is 9.84 Å². The normalized spacial score (nSPS) is 15.3. The summed E-state index contributed by atoms with van der Waals surface area (Å²) in [6, 6.07) is 2.42. The van der Waals surface area contributed by atoms with Crippen molar-refractivity contribution in [2.75, 3.05) is 25.9 Å². The van der Waals surface area contributed by atoms with Crippen LogP contribution in [0.4, 0.5) is 4.39 Å². The maximum atomic E-state index is 14.3. The summed E-state index contributed by atoms with van der Waals surface area (Å²) < 4.78 is 37.8. The summed E-state index contributed by atoms with van der Waals surface area (Å²) >= 11 is 3.10. The highest BCUT2D eigenvalue weighted by atomic mass is 79.9. The van der Waals surface area contributed by atoms with E-state index in [2.05, 4.69) is 26.6 Å². The molecular weight excluding hydrogens is 375 g/mol. The van der Waals surface area contributed by atoms with E-state index in [-0.39, 0.29) is 5.56 Å². The van der Waals surface area contributed by atoms with Crippen molar-refractivity contribution in [2.45, 2.75) is 11.3 Å². The van der Waals surface area contributed by atoms with Gasteiger partial charge in [0.2, 0.25) is 0 Å². The fraction of sp³-hybridized carbons (Fsp3) is 0.357. The molecule has 1 heterocycles. The van der Waals surface area contributed by atoms with Gasteiger partial charge in [-0.3, -0.25) is 4.79 Å². The van der Waals surface area contributed by atoms with E-state index < -0.39 is 26.5 Å². The summed E-state index contributed by atoms with van der Waals surface area (Å²) in [7, 11) is -3.75. The molecule has 5 nitrogen and oxygen atoms in total. The van der Waals surface area contributed by atoms with Crippen molar-refractivity contribution in [3.8, 4) is 0 Å². The first-order valence-electron chi connectivity index (χ1n) is 6.65. The summed E-state index contributed by atoms with van der Waals surface area (Å²) in [5.41, 5.74) is 0.773. The van der Waals surface area contributed by atoms with Crippen molar-refractivity contribution < 1.29 is 17.6 Å². The third kappa shape index (κ3) is 4.15. The van der Waals surface area contributed by atoms with Gasteiger partial charge >= 0.3 is 0 Å². The number of carbonyl (C=O) groups excluding carboxylic acids is 1. The minimum Gasteiger partial charge on any atom is -0.348 e. The topological polar surface area (TPSA) is 75.3 Å². The molecule has 0 radical (unpaired) electrons. The van der Waals surface area contributed by atoms with Gasteiger partial charge in [0, 0.05) is 23.8 Å². The smallest absolute Gasteiger partial charge is 0.254 e. The Bertz CT molecular complexity index is 732. The zero-order valence-electron chi connectivity index (χ0n) is 11.9. The number of benzene rings is 1. The van der Waals surface area contributed by atoms with Gasteiger partial charge in [-0.05, 0) is 25.1 Å². The second-order valence-corrected chi connectivity index (χ2v) is 7.94. The molecule has 1 amide bonds. The van der Waals surface area contributed by atoms with Gasteiger partial charge in [-0.25, -0.2) is 12.8 Å². The van der Waals surface area contributed by atoms with E-state index >= 15 is 0 Å². The number of rotatable bonds is 4. The predicted octanol–water partition coefficient (Wildman–Crippen LogP) is 1.64. The Morgan fingerprint density at radius 2 is 2.18 bits per heavy atom. The number of sulfone groups is 1. The fourth-order valence-corrected chi connectivity index (χ4v) is 3.50. The second-order valence-electron chi connectivity index (χ2n) is 5.04. The Morgan fingerprint density at radius 1 is 1.45 bits per heavy atom. The van der Waals surface area contributed by atoms with Crippen molar-refractivity contribution in [3.05, 3.63) is 39.6 Å². The predicted molar refractivity (Wildman–Crippen MR) is 85.1 cm³/mol. The molecule has 0 aromatic heterocycles. The third-order valence-corrected chi connectivity index (χ3v) is 4.84. The molecule has 0 spiro atoms. The van der Waals surface area contributed by atoms with E-state index in [1.54, 1.807) is 0 Å². The lowest BCUT2D eigenvalue weighted by atomic mass is 10.1. The van der Waals surface area contributed by atoms with Gasteiger partial charge in [0.05, 0.1) is 5.56 Å². The maximum Gasteiger partial charge on any atom is 0.254 e. The van der Waals surface area contributed by atoms with E-state index in [0.717, 1.165) is 37.4 Å². The van der Waals surface area contributed by atoms with Gasteiger partial charge in [-0.2, -0.15) is 0 Å². The van der Waals surface area contributed by atoms with Crippen molar-refractivity contribution in [3.63, 3.8) is 0 Å². The highest BCUT2D eigenvalue weighted by Crippen LogP contribution is 2.24. The number of hydrogen-bond donors (Lipinski definition) is 2. The van der Waals surface area contributed by atoms with Crippen LogP contribution in [0.5, 0.6) is 0 Å². The number of carbonyl (C=O) groups is 1. The zero-order chi connectivity index (χ0) is 16.3. The molecule has 0 unspecified atom stereocenters. The van der Waals surface area contributed by atoms with E-state index in [9.17, 15) is 17.6 Å². The summed E-state index contributed by atoms with van der Waals surface area (Å²) in [5, 5.41) is 5.78. The minimum absolute atomic E-state index is 0.288.